The van der Waals surface area contributed by atoms with Gasteiger partial charge in [0, 0.05) is 55.5 Å². The molecule has 2 aromatic heterocycles. The van der Waals surface area contributed by atoms with Gasteiger partial charge in [0.1, 0.15) is 16.8 Å². The predicted molar refractivity (Wildman–Crippen MR) is 181 cm³/mol. The largest absolute Gasteiger partial charge is 0.451 e. The molecule has 242 valence electrons. The van der Waals surface area contributed by atoms with Crippen LogP contribution in [0.15, 0.2) is 71.8 Å². The highest BCUT2D eigenvalue weighted by Gasteiger charge is 2.34. The van der Waals surface area contributed by atoms with E-state index in [1.807, 2.05) is 67.4 Å². The van der Waals surface area contributed by atoms with Gasteiger partial charge in [-0.25, -0.2) is 4.39 Å². The zero-order valence-corrected chi connectivity index (χ0v) is 26.6. The molecule has 3 aliphatic rings. The molecule has 8 rings (SSSR count). The van der Waals surface area contributed by atoms with Gasteiger partial charge in [-0.3, -0.25) is 14.4 Å². The number of hydrogen-bond acceptors (Lipinski definition) is 5. The number of amides is 2. The van der Waals surface area contributed by atoms with E-state index < -0.39 is 11.2 Å². The molecule has 1 atom stereocenters. The van der Waals surface area contributed by atoms with Gasteiger partial charge >= 0.3 is 0 Å². The van der Waals surface area contributed by atoms with Crippen molar-refractivity contribution < 1.29 is 18.7 Å². The van der Waals surface area contributed by atoms with Gasteiger partial charge in [-0.2, -0.15) is 0 Å². The topological polar surface area (TPSA) is 99.7 Å². The molecule has 2 N–H and O–H groups in total. The van der Waals surface area contributed by atoms with Crippen molar-refractivity contribution in [1.29, 1.82) is 0 Å². The quantitative estimate of drug-likeness (QED) is 0.232. The molecule has 3 aromatic carbocycles. The lowest BCUT2D eigenvalue weighted by Gasteiger charge is -2.30. The maximum atomic E-state index is 16.2. The molecule has 5 aromatic rings. The fraction of sp³-hybridized carbons (Fsp3) is 0.324. The summed E-state index contributed by atoms with van der Waals surface area (Å²) < 4.78 is 24.3. The van der Waals surface area contributed by atoms with Gasteiger partial charge in [-0.15, -0.1) is 0 Å². The standard InChI is InChI=1S/C35H32FN5O4.C2H6/c36-26-17-24-31-34(32(26)40-15-12-22(19-40)38-30(42)16-21-18-37-27-9-3-2-8-23(21)27)45-29-11-5-4-10-28(29)41(31)20-25(33(24)43)35(44)39-13-6-1-7-14-39;1-2/h2-5,8-11,17-18,20,22,37H,1,6-7,12-16,19H2,(H,38,42);1-2H3. The normalized spacial score (nSPS) is 16.8. The highest BCUT2D eigenvalue weighted by molar-refractivity contribution is 6.01. The van der Waals surface area contributed by atoms with Crippen LogP contribution < -0.4 is 20.4 Å². The van der Waals surface area contributed by atoms with Gasteiger partial charge in [0.25, 0.3) is 5.91 Å². The third-order valence-corrected chi connectivity index (χ3v) is 9.28. The number of para-hydroxylation sites is 3. The second kappa shape index (κ2) is 12.6. The number of ether oxygens (including phenoxy) is 1. The van der Waals surface area contributed by atoms with E-state index in [4.69, 9.17) is 4.74 Å². The molecule has 2 amide bonds. The van der Waals surface area contributed by atoms with E-state index in [0.29, 0.717) is 49.6 Å². The fourth-order valence-electron chi connectivity index (χ4n) is 7.08. The second-order valence-electron chi connectivity index (χ2n) is 12.1. The van der Waals surface area contributed by atoms with Gasteiger partial charge in [-0.05, 0) is 55.5 Å². The predicted octanol–water partition coefficient (Wildman–Crippen LogP) is 6.31. The first-order chi connectivity index (χ1) is 23.0. The number of piperidine rings is 1. The van der Waals surface area contributed by atoms with Crippen molar-refractivity contribution in [2.24, 2.45) is 0 Å². The van der Waals surface area contributed by atoms with E-state index in [1.54, 1.807) is 21.7 Å². The van der Waals surface area contributed by atoms with Crippen molar-refractivity contribution in [2.75, 3.05) is 31.1 Å². The number of halogens is 1. The summed E-state index contributed by atoms with van der Waals surface area (Å²) in [6.45, 7) is 6.08. The van der Waals surface area contributed by atoms with Crippen molar-refractivity contribution in [3.8, 4) is 17.2 Å². The Morgan fingerprint density at radius 3 is 2.60 bits per heavy atom. The number of pyridine rings is 1. The van der Waals surface area contributed by atoms with Crippen LogP contribution in [-0.4, -0.2) is 58.5 Å². The Morgan fingerprint density at radius 2 is 1.77 bits per heavy atom. The summed E-state index contributed by atoms with van der Waals surface area (Å²) in [5.41, 5.74) is 2.77. The number of nitrogens with zero attached hydrogens (tertiary/aromatic N) is 3. The van der Waals surface area contributed by atoms with Gasteiger partial charge in [0.2, 0.25) is 11.3 Å². The van der Waals surface area contributed by atoms with Crippen molar-refractivity contribution in [3.63, 3.8) is 0 Å². The summed E-state index contributed by atoms with van der Waals surface area (Å²) in [5, 5.41) is 4.24. The number of anilines is 1. The number of benzene rings is 3. The Morgan fingerprint density at radius 1 is 1.00 bits per heavy atom. The van der Waals surface area contributed by atoms with Crippen LogP contribution >= 0.6 is 0 Å². The molecule has 0 aliphatic carbocycles. The molecule has 0 spiro atoms. The Kier molecular flexibility index (Phi) is 8.17. The first-order valence-corrected chi connectivity index (χ1v) is 16.5. The maximum absolute atomic E-state index is 16.2. The first kappa shape index (κ1) is 30.5. The van der Waals surface area contributed by atoms with Crippen LogP contribution in [0.25, 0.3) is 27.5 Å². The smallest absolute Gasteiger partial charge is 0.259 e. The van der Waals surface area contributed by atoms with Gasteiger partial charge in [0.15, 0.2) is 17.3 Å². The van der Waals surface area contributed by atoms with Crippen LogP contribution in [0.2, 0.25) is 0 Å². The van der Waals surface area contributed by atoms with Gasteiger partial charge in [-0.1, -0.05) is 44.2 Å². The molecule has 5 heterocycles. The summed E-state index contributed by atoms with van der Waals surface area (Å²) in [6, 6.07) is 16.3. The number of fused-ring (bicyclic) bond motifs is 3. The molecule has 2 fully saturated rings. The molecule has 3 aliphatic heterocycles. The summed E-state index contributed by atoms with van der Waals surface area (Å²) in [5.74, 6) is -0.290. The van der Waals surface area contributed by atoms with E-state index in [0.717, 1.165) is 35.7 Å². The van der Waals surface area contributed by atoms with Crippen molar-refractivity contribution >= 4 is 39.3 Å². The maximum Gasteiger partial charge on any atom is 0.259 e. The van der Waals surface area contributed by atoms with Crippen LogP contribution in [0.5, 0.6) is 11.5 Å². The van der Waals surface area contributed by atoms with Crippen LogP contribution in [0, 0.1) is 5.82 Å². The van der Waals surface area contributed by atoms with E-state index >= 15 is 4.39 Å². The zero-order valence-electron chi connectivity index (χ0n) is 26.6. The lowest BCUT2D eigenvalue weighted by molar-refractivity contribution is -0.121. The van der Waals surface area contributed by atoms with Gasteiger partial charge < -0.3 is 29.4 Å². The minimum atomic E-state index is -0.603. The van der Waals surface area contributed by atoms with Gasteiger partial charge in [0.05, 0.1) is 17.5 Å². The molecule has 47 heavy (non-hydrogen) atoms. The number of aromatic amines is 1. The fourth-order valence-corrected chi connectivity index (χ4v) is 7.08. The van der Waals surface area contributed by atoms with E-state index in [-0.39, 0.29) is 46.7 Å². The number of carbonyl (C=O) groups excluding carboxylic acids is 2. The minimum Gasteiger partial charge on any atom is -0.451 e. The van der Waals surface area contributed by atoms with Crippen molar-refractivity contribution in [2.45, 2.75) is 52.0 Å². The molecular formula is C37H38FN5O4. The molecule has 9 nitrogen and oxygen atoms in total. The minimum absolute atomic E-state index is 0.0263. The molecule has 10 heteroatoms. The molecule has 0 saturated carbocycles. The number of aromatic nitrogens is 2. The van der Waals surface area contributed by atoms with E-state index in [2.05, 4.69) is 10.3 Å². The summed E-state index contributed by atoms with van der Waals surface area (Å²) >= 11 is 0. The SMILES string of the molecule is CC.O=C(Cc1c[nH]c2ccccc12)NC1CCN(c2c(F)cc3c(=O)c(C(=O)N4CCCCC4)cn4c3c2Oc2ccccc2-4)C1. The highest BCUT2D eigenvalue weighted by Crippen LogP contribution is 2.47. The lowest BCUT2D eigenvalue weighted by atomic mass is 10.0. The Hall–Kier alpha value is -5.12. The van der Waals surface area contributed by atoms with Crippen LogP contribution in [0.4, 0.5) is 10.1 Å². The molecular weight excluding hydrogens is 597 g/mol. The Balaban J connectivity index is 0.00000172. The molecule has 1 unspecified atom stereocenters. The third kappa shape index (κ3) is 5.41. The number of rotatable bonds is 5. The van der Waals surface area contributed by atoms with Crippen LogP contribution in [0.3, 0.4) is 0 Å². The third-order valence-electron chi connectivity index (χ3n) is 9.28. The summed E-state index contributed by atoms with van der Waals surface area (Å²) in [7, 11) is 0. The number of likely N-dealkylation sites (tertiary alicyclic amines) is 1. The molecule has 0 bridgehead atoms. The highest BCUT2D eigenvalue weighted by atomic mass is 19.1. The second-order valence-corrected chi connectivity index (χ2v) is 12.1. The number of H-pyrrole nitrogens is 1. The Labute approximate surface area is 271 Å². The lowest BCUT2D eigenvalue weighted by Crippen LogP contribution is -2.38. The zero-order chi connectivity index (χ0) is 32.7. The Bertz CT molecular complexity index is 2060. The average molecular weight is 636 g/mol. The summed E-state index contributed by atoms with van der Waals surface area (Å²) in [4.78, 5) is 47.2. The van der Waals surface area contributed by atoms with Crippen LogP contribution in [-0.2, 0) is 11.2 Å². The molecule has 0 radical (unpaired) electrons. The average Bonchev–Trinajstić information content (AvgIpc) is 3.73. The number of nitrogens with one attached hydrogen (secondary N) is 2. The van der Waals surface area contributed by atoms with Crippen molar-refractivity contribution in [1.82, 2.24) is 19.8 Å². The van der Waals surface area contributed by atoms with Crippen molar-refractivity contribution in [3.05, 3.63) is 94.2 Å². The number of carbonyl (C=O) groups is 2. The number of hydrogen-bond donors (Lipinski definition) is 2. The monoisotopic (exact) mass is 635 g/mol. The summed E-state index contributed by atoms with van der Waals surface area (Å²) in [6.07, 6.45) is 7.16. The van der Waals surface area contributed by atoms with E-state index in [9.17, 15) is 14.4 Å². The molecule has 2 saturated heterocycles. The van der Waals surface area contributed by atoms with Crippen LogP contribution in [0.1, 0.15) is 55.5 Å². The van der Waals surface area contributed by atoms with E-state index in [1.165, 1.54) is 6.07 Å². The first-order valence-electron chi connectivity index (χ1n) is 16.5.